The quantitative estimate of drug-likeness (QED) is 0.638. The minimum atomic E-state index is -0.0532. The van der Waals surface area contributed by atoms with Gasteiger partial charge in [-0.1, -0.05) is 30.3 Å². The van der Waals surface area contributed by atoms with Gasteiger partial charge in [-0.2, -0.15) is 0 Å². The van der Waals surface area contributed by atoms with Crippen LogP contribution < -0.4 is 5.56 Å². The molecule has 0 atom stereocenters. The van der Waals surface area contributed by atoms with Crippen LogP contribution in [0.4, 0.5) is 0 Å². The van der Waals surface area contributed by atoms with E-state index in [1.807, 2.05) is 30.6 Å². The lowest BCUT2D eigenvalue weighted by atomic mass is 10.2. The summed E-state index contributed by atoms with van der Waals surface area (Å²) < 4.78 is 0. The van der Waals surface area contributed by atoms with Gasteiger partial charge in [0.25, 0.3) is 0 Å². The number of benzene rings is 1. The van der Waals surface area contributed by atoms with Crippen LogP contribution in [-0.4, -0.2) is 9.97 Å². The van der Waals surface area contributed by atoms with E-state index >= 15 is 0 Å². The zero-order valence-electron chi connectivity index (χ0n) is 9.21. The van der Waals surface area contributed by atoms with Crippen molar-refractivity contribution in [1.29, 1.82) is 0 Å². The van der Waals surface area contributed by atoms with Crippen LogP contribution in [0.2, 0.25) is 0 Å². The molecule has 2 heterocycles. The van der Waals surface area contributed by atoms with Gasteiger partial charge in [0.05, 0.1) is 0 Å². The summed E-state index contributed by atoms with van der Waals surface area (Å²) in [6, 6.07) is 15.1. The van der Waals surface area contributed by atoms with Crippen LogP contribution in [0.15, 0.2) is 71.9 Å². The third kappa shape index (κ3) is 3.28. The highest BCUT2D eigenvalue weighted by atomic mass is 16.1. The first-order chi connectivity index (χ1) is 8.36. The Kier molecular flexibility index (Phi) is 3.65. The Morgan fingerprint density at radius 1 is 0.882 bits per heavy atom. The molecule has 3 nitrogen and oxygen atoms in total. The fraction of sp³-hybridized carbons (Fsp3) is 0. The molecule has 0 spiro atoms. The number of H-pyrrole nitrogens is 1. The number of nitrogens with zero attached hydrogens (tertiary/aromatic N) is 1. The van der Waals surface area contributed by atoms with Gasteiger partial charge in [-0.3, -0.25) is 9.78 Å². The van der Waals surface area contributed by atoms with Crippen molar-refractivity contribution in [3.8, 4) is 0 Å². The molecule has 0 bridgehead atoms. The van der Waals surface area contributed by atoms with Crippen molar-refractivity contribution in [2.45, 2.75) is 0 Å². The predicted molar refractivity (Wildman–Crippen MR) is 68.8 cm³/mol. The van der Waals surface area contributed by atoms with E-state index in [1.54, 1.807) is 18.3 Å². The molecule has 0 unspecified atom stereocenters. The van der Waals surface area contributed by atoms with Gasteiger partial charge in [-0.05, 0) is 22.9 Å². The van der Waals surface area contributed by atoms with E-state index in [2.05, 4.69) is 22.1 Å². The molecule has 0 radical (unpaired) electrons. The molecule has 3 heteroatoms. The SMILES string of the molecule is O=c1cccc[nH]1.c1ccc2cnccc2c1. The number of hydrogen-bond acceptors (Lipinski definition) is 2. The first kappa shape index (κ1) is 11.1. The summed E-state index contributed by atoms with van der Waals surface area (Å²) in [6.45, 7) is 0. The standard InChI is InChI=1S/C9H7N.C5H5NO/c1-2-4-9-7-10-6-5-8(9)3-1;7-5-3-1-2-4-6-5/h1-7H;1-4H,(H,6,7). The molecular weight excluding hydrogens is 212 g/mol. The number of nitrogens with one attached hydrogen (secondary N) is 1. The molecule has 84 valence electrons. The highest BCUT2D eigenvalue weighted by molar-refractivity contribution is 5.80. The molecule has 0 saturated heterocycles. The third-order valence-electron chi connectivity index (χ3n) is 2.23. The summed E-state index contributed by atoms with van der Waals surface area (Å²) in [6.07, 6.45) is 5.28. The topological polar surface area (TPSA) is 45.8 Å². The number of hydrogen-bond donors (Lipinski definition) is 1. The molecule has 0 saturated carbocycles. The number of fused-ring (bicyclic) bond motifs is 1. The molecule has 0 aliphatic rings. The van der Waals surface area contributed by atoms with Gasteiger partial charge in [-0.25, -0.2) is 0 Å². The molecule has 1 aromatic carbocycles. The van der Waals surface area contributed by atoms with Gasteiger partial charge < -0.3 is 4.98 Å². The molecule has 2 aromatic heterocycles. The Hall–Kier alpha value is -2.42. The molecule has 3 rings (SSSR count). The Labute approximate surface area is 98.8 Å². The molecule has 3 aromatic rings. The van der Waals surface area contributed by atoms with E-state index in [0.717, 1.165) is 0 Å². The van der Waals surface area contributed by atoms with Crippen molar-refractivity contribution in [2.24, 2.45) is 0 Å². The van der Waals surface area contributed by atoms with Crippen LogP contribution >= 0.6 is 0 Å². The number of aromatic nitrogens is 2. The maximum Gasteiger partial charge on any atom is 0.247 e. The molecule has 0 aliphatic carbocycles. The summed E-state index contributed by atoms with van der Waals surface area (Å²) >= 11 is 0. The Morgan fingerprint density at radius 2 is 1.65 bits per heavy atom. The third-order valence-corrected chi connectivity index (χ3v) is 2.23. The van der Waals surface area contributed by atoms with Crippen LogP contribution in [0.1, 0.15) is 0 Å². The first-order valence-electron chi connectivity index (χ1n) is 5.29. The molecule has 0 fully saturated rings. The van der Waals surface area contributed by atoms with Crippen molar-refractivity contribution < 1.29 is 0 Å². The number of rotatable bonds is 0. The van der Waals surface area contributed by atoms with E-state index in [0.29, 0.717) is 0 Å². The Bertz CT molecular complexity index is 564. The smallest absolute Gasteiger partial charge is 0.247 e. The normalized spacial score (nSPS) is 9.41. The largest absolute Gasteiger partial charge is 0.329 e. The van der Waals surface area contributed by atoms with Crippen molar-refractivity contribution in [1.82, 2.24) is 9.97 Å². The van der Waals surface area contributed by atoms with E-state index in [-0.39, 0.29) is 5.56 Å². The van der Waals surface area contributed by atoms with Gasteiger partial charge in [0.1, 0.15) is 0 Å². The fourth-order valence-electron chi connectivity index (χ4n) is 1.40. The van der Waals surface area contributed by atoms with Crippen molar-refractivity contribution in [2.75, 3.05) is 0 Å². The van der Waals surface area contributed by atoms with Crippen molar-refractivity contribution in [3.05, 3.63) is 77.5 Å². The van der Waals surface area contributed by atoms with Crippen molar-refractivity contribution in [3.63, 3.8) is 0 Å². The minimum absolute atomic E-state index is 0.0532. The summed E-state index contributed by atoms with van der Waals surface area (Å²) in [5.74, 6) is 0. The second-order valence-corrected chi connectivity index (χ2v) is 3.45. The van der Waals surface area contributed by atoms with E-state index in [4.69, 9.17) is 0 Å². The maximum atomic E-state index is 10.2. The highest BCUT2D eigenvalue weighted by Crippen LogP contribution is 2.09. The van der Waals surface area contributed by atoms with E-state index < -0.39 is 0 Å². The van der Waals surface area contributed by atoms with Crippen LogP contribution in [-0.2, 0) is 0 Å². The van der Waals surface area contributed by atoms with Crippen LogP contribution in [0.5, 0.6) is 0 Å². The molecule has 17 heavy (non-hydrogen) atoms. The Balaban J connectivity index is 0.000000136. The zero-order chi connectivity index (χ0) is 11.9. The Morgan fingerprint density at radius 3 is 2.24 bits per heavy atom. The number of pyridine rings is 2. The molecule has 0 amide bonds. The maximum absolute atomic E-state index is 10.2. The van der Waals surface area contributed by atoms with Crippen LogP contribution in [0.25, 0.3) is 10.8 Å². The van der Waals surface area contributed by atoms with Crippen LogP contribution in [0, 0.1) is 0 Å². The minimum Gasteiger partial charge on any atom is -0.329 e. The lowest BCUT2D eigenvalue weighted by Crippen LogP contribution is -1.98. The first-order valence-corrected chi connectivity index (χ1v) is 5.29. The van der Waals surface area contributed by atoms with Gasteiger partial charge >= 0.3 is 0 Å². The monoisotopic (exact) mass is 224 g/mol. The van der Waals surface area contributed by atoms with Gasteiger partial charge in [0, 0.05) is 24.7 Å². The highest BCUT2D eigenvalue weighted by Gasteiger charge is 1.86. The van der Waals surface area contributed by atoms with Gasteiger partial charge in [-0.15, -0.1) is 0 Å². The molecule has 1 N–H and O–H groups in total. The molecule has 0 aliphatic heterocycles. The van der Waals surface area contributed by atoms with Gasteiger partial charge in [0.15, 0.2) is 0 Å². The summed E-state index contributed by atoms with van der Waals surface area (Å²) in [5.41, 5.74) is -0.0532. The predicted octanol–water partition coefficient (Wildman–Crippen LogP) is 2.61. The lowest BCUT2D eigenvalue weighted by molar-refractivity contribution is 1.24. The summed E-state index contributed by atoms with van der Waals surface area (Å²) in [7, 11) is 0. The van der Waals surface area contributed by atoms with E-state index in [9.17, 15) is 4.79 Å². The zero-order valence-corrected chi connectivity index (χ0v) is 9.21. The lowest BCUT2D eigenvalue weighted by Gasteiger charge is -1.91. The van der Waals surface area contributed by atoms with Crippen LogP contribution in [0.3, 0.4) is 0 Å². The second kappa shape index (κ2) is 5.61. The second-order valence-electron chi connectivity index (χ2n) is 3.45. The fourth-order valence-corrected chi connectivity index (χ4v) is 1.40. The summed E-state index contributed by atoms with van der Waals surface area (Å²) in [5, 5.41) is 2.45. The average molecular weight is 224 g/mol. The van der Waals surface area contributed by atoms with Crippen molar-refractivity contribution >= 4 is 10.8 Å². The van der Waals surface area contributed by atoms with Gasteiger partial charge in [0.2, 0.25) is 5.56 Å². The van der Waals surface area contributed by atoms with E-state index in [1.165, 1.54) is 16.8 Å². The number of aromatic amines is 1. The average Bonchev–Trinajstić information content (AvgIpc) is 2.41. The summed E-state index contributed by atoms with van der Waals surface area (Å²) in [4.78, 5) is 16.7. The molecular formula is C14H12N2O.